The van der Waals surface area contributed by atoms with Gasteiger partial charge in [0.05, 0.1) is 31.7 Å². The maximum atomic E-state index is 13.0. The van der Waals surface area contributed by atoms with Crippen LogP contribution < -0.4 is 19.5 Å². The van der Waals surface area contributed by atoms with E-state index in [2.05, 4.69) is 14.9 Å². The van der Waals surface area contributed by atoms with Crippen LogP contribution in [0.3, 0.4) is 0 Å². The van der Waals surface area contributed by atoms with Crippen molar-refractivity contribution in [2.75, 3.05) is 25.1 Å². The zero-order chi connectivity index (χ0) is 22.5. The van der Waals surface area contributed by atoms with Gasteiger partial charge in [-0.05, 0) is 57.0 Å². The van der Waals surface area contributed by atoms with Gasteiger partial charge in [-0.25, -0.2) is 4.98 Å². The van der Waals surface area contributed by atoms with E-state index in [1.54, 1.807) is 12.1 Å². The highest BCUT2D eigenvalue weighted by Gasteiger charge is 2.19. The van der Waals surface area contributed by atoms with Gasteiger partial charge in [0.25, 0.3) is 5.91 Å². The minimum Gasteiger partial charge on any atom is -0.490 e. The highest BCUT2D eigenvalue weighted by atomic mass is 16.5. The number of nitrogens with one attached hydrogen (secondary N) is 1. The number of hydrogen-bond acceptors (Lipinski definition) is 5. The van der Waals surface area contributed by atoms with E-state index in [1.807, 2.05) is 51.2 Å². The first-order chi connectivity index (χ1) is 15.6. The quantitative estimate of drug-likeness (QED) is 0.515. The van der Waals surface area contributed by atoms with E-state index >= 15 is 0 Å². The largest absolute Gasteiger partial charge is 0.490 e. The molecule has 0 radical (unpaired) electrons. The van der Waals surface area contributed by atoms with Crippen LogP contribution >= 0.6 is 0 Å². The number of nitrogens with zero attached hydrogens (tertiary/aromatic N) is 2. The normalized spacial score (nSPS) is 12.3. The molecule has 0 spiro atoms. The van der Waals surface area contributed by atoms with E-state index < -0.39 is 0 Å². The van der Waals surface area contributed by atoms with Crippen molar-refractivity contribution in [1.82, 2.24) is 9.55 Å². The standard InChI is InChI=1S/C25H29N3O4/c1-4-30-21-14-18(15-22(31-5-2)24(21)32-6-3)25(29)27-19-11-9-17(10-12-19)20-16-26-23-8-7-13-28(20)23/h9-12,14-16H,4-8,13H2,1-3H3,(H,27,29). The number of amides is 1. The summed E-state index contributed by atoms with van der Waals surface area (Å²) in [5, 5.41) is 2.96. The Morgan fingerprint density at radius 2 is 1.66 bits per heavy atom. The molecule has 0 atom stereocenters. The summed E-state index contributed by atoms with van der Waals surface area (Å²) in [4.78, 5) is 17.5. The Hall–Kier alpha value is -3.48. The van der Waals surface area contributed by atoms with Gasteiger partial charge in [-0.3, -0.25) is 4.79 Å². The number of hydrogen-bond donors (Lipinski definition) is 1. The van der Waals surface area contributed by atoms with Gasteiger partial charge in [-0.2, -0.15) is 0 Å². The van der Waals surface area contributed by atoms with Gasteiger partial charge in [0.2, 0.25) is 5.75 Å². The van der Waals surface area contributed by atoms with Crippen molar-refractivity contribution in [2.45, 2.75) is 40.2 Å². The molecule has 32 heavy (non-hydrogen) atoms. The second kappa shape index (κ2) is 9.77. The lowest BCUT2D eigenvalue weighted by atomic mass is 10.1. The molecule has 0 unspecified atom stereocenters. The fourth-order valence-electron chi connectivity index (χ4n) is 3.94. The van der Waals surface area contributed by atoms with E-state index in [0.717, 1.165) is 36.5 Å². The van der Waals surface area contributed by atoms with Crippen LogP contribution in [0.4, 0.5) is 5.69 Å². The van der Waals surface area contributed by atoms with Crippen LogP contribution in [0.15, 0.2) is 42.6 Å². The Kier molecular flexibility index (Phi) is 6.63. The Morgan fingerprint density at radius 1 is 1.00 bits per heavy atom. The Bertz CT molecular complexity index is 1060. The fourth-order valence-corrected chi connectivity index (χ4v) is 3.94. The van der Waals surface area contributed by atoms with Crippen LogP contribution in [0.2, 0.25) is 0 Å². The molecule has 1 aliphatic rings. The molecule has 4 rings (SSSR count). The predicted octanol–water partition coefficient (Wildman–Crippen LogP) is 4.94. The number of aryl methyl sites for hydroxylation is 1. The van der Waals surface area contributed by atoms with Crippen LogP contribution in [0.1, 0.15) is 43.4 Å². The van der Waals surface area contributed by atoms with Gasteiger partial charge in [0, 0.05) is 24.2 Å². The Labute approximate surface area is 188 Å². The molecule has 7 nitrogen and oxygen atoms in total. The molecule has 0 bridgehead atoms. The average molecular weight is 436 g/mol. The molecule has 3 aromatic rings. The number of benzene rings is 2. The van der Waals surface area contributed by atoms with Gasteiger partial charge in [-0.15, -0.1) is 0 Å². The van der Waals surface area contributed by atoms with Crippen molar-refractivity contribution < 1.29 is 19.0 Å². The lowest BCUT2D eigenvalue weighted by Crippen LogP contribution is -2.13. The summed E-state index contributed by atoms with van der Waals surface area (Å²) in [7, 11) is 0. The zero-order valence-electron chi connectivity index (χ0n) is 18.8. The summed E-state index contributed by atoms with van der Waals surface area (Å²) >= 11 is 0. The summed E-state index contributed by atoms with van der Waals surface area (Å²) < 4.78 is 19.4. The SMILES string of the molecule is CCOc1cc(C(=O)Nc2ccc(-c3cnc4n3CCC4)cc2)cc(OCC)c1OCC. The zero-order valence-corrected chi connectivity index (χ0v) is 18.8. The average Bonchev–Trinajstić information content (AvgIpc) is 3.41. The third-order valence-electron chi connectivity index (χ3n) is 5.33. The van der Waals surface area contributed by atoms with Crippen molar-refractivity contribution in [3.63, 3.8) is 0 Å². The molecule has 1 aromatic heterocycles. The number of carbonyl (C=O) groups is 1. The van der Waals surface area contributed by atoms with E-state index in [4.69, 9.17) is 14.2 Å². The first kappa shape index (κ1) is 21.7. The smallest absolute Gasteiger partial charge is 0.255 e. The highest BCUT2D eigenvalue weighted by molar-refractivity contribution is 6.05. The molecule has 0 saturated heterocycles. The number of anilines is 1. The maximum Gasteiger partial charge on any atom is 0.255 e. The van der Waals surface area contributed by atoms with Gasteiger partial charge >= 0.3 is 0 Å². The summed E-state index contributed by atoms with van der Waals surface area (Å²) in [5.74, 6) is 2.41. The van der Waals surface area contributed by atoms with E-state index in [1.165, 1.54) is 0 Å². The Morgan fingerprint density at radius 3 is 2.28 bits per heavy atom. The summed E-state index contributed by atoms with van der Waals surface area (Å²) in [6, 6.07) is 11.2. The van der Waals surface area contributed by atoms with E-state index in [-0.39, 0.29) is 5.91 Å². The number of carbonyl (C=O) groups excluding carboxylic acids is 1. The molecule has 168 valence electrons. The molecule has 1 aliphatic heterocycles. The molecule has 0 aliphatic carbocycles. The molecular formula is C25H29N3O4. The van der Waals surface area contributed by atoms with Crippen LogP contribution in [-0.2, 0) is 13.0 Å². The molecule has 0 saturated carbocycles. The third kappa shape index (κ3) is 4.42. The maximum absolute atomic E-state index is 13.0. The van der Waals surface area contributed by atoms with Crippen LogP contribution in [-0.4, -0.2) is 35.3 Å². The number of aromatic nitrogens is 2. The second-order valence-electron chi connectivity index (χ2n) is 7.45. The van der Waals surface area contributed by atoms with Gasteiger partial charge < -0.3 is 24.1 Å². The van der Waals surface area contributed by atoms with E-state index in [9.17, 15) is 4.79 Å². The van der Waals surface area contributed by atoms with Gasteiger partial charge in [-0.1, -0.05) is 12.1 Å². The third-order valence-corrected chi connectivity index (χ3v) is 5.33. The van der Waals surface area contributed by atoms with Gasteiger partial charge in [0.15, 0.2) is 11.5 Å². The number of rotatable bonds is 9. The molecule has 2 heterocycles. The Balaban J connectivity index is 1.55. The molecule has 2 aromatic carbocycles. The minimum atomic E-state index is -0.243. The van der Waals surface area contributed by atoms with Crippen molar-refractivity contribution in [3.8, 4) is 28.5 Å². The first-order valence-corrected chi connectivity index (χ1v) is 11.2. The molecule has 0 fully saturated rings. The topological polar surface area (TPSA) is 74.6 Å². The molecule has 7 heteroatoms. The number of fused-ring (bicyclic) bond motifs is 1. The van der Waals surface area contributed by atoms with Crippen molar-refractivity contribution in [3.05, 3.63) is 54.0 Å². The number of imidazole rings is 1. The van der Waals surface area contributed by atoms with E-state index in [0.29, 0.717) is 48.3 Å². The fraction of sp³-hybridized carbons (Fsp3) is 0.360. The predicted molar refractivity (Wildman–Crippen MR) is 124 cm³/mol. The molecule has 1 N–H and O–H groups in total. The highest BCUT2D eigenvalue weighted by Crippen LogP contribution is 2.39. The van der Waals surface area contributed by atoms with Crippen LogP contribution in [0.5, 0.6) is 17.2 Å². The summed E-state index contributed by atoms with van der Waals surface area (Å²) in [5.41, 5.74) is 3.36. The van der Waals surface area contributed by atoms with Crippen molar-refractivity contribution >= 4 is 11.6 Å². The first-order valence-electron chi connectivity index (χ1n) is 11.2. The lowest BCUT2D eigenvalue weighted by molar-refractivity contribution is 0.102. The van der Waals surface area contributed by atoms with Crippen molar-refractivity contribution in [2.24, 2.45) is 0 Å². The summed E-state index contributed by atoms with van der Waals surface area (Å²) in [6.45, 7) is 8.06. The van der Waals surface area contributed by atoms with Crippen molar-refractivity contribution in [1.29, 1.82) is 0 Å². The monoisotopic (exact) mass is 435 g/mol. The van der Waals surface area contributed by atoms with Crippen LogP contribution in [0, 0.1) is 0 Å². The second-order valence-corrected chi connectivity index (χ2v) is 7.45. The molecular weight excluding hydrogens is 406 g/mol. The van der Waals surface area contributed by atoms with Crippen LogP contribution in [0.25, 0.3) is 11.3 Å². The number of ether oxygens (including phenoxy) is 3. The molecule has 1 amide bonds. The minimum absolute atomic E-state index is 0.243. The summed E-state index contributed by atoms with van der Waals surface area (Å²) in [6.07, 6.45) is 4.09. The van der Waals surface area contributed by atoms with Gasteiger partial charge in [0.1, 0.15) is 5.82 Å². The lowest BCUT2D eigenvalue weighted by Gasteiger charge is -2.17.